The molecule has 1 spiro atoms. The molecule has 1 aromatic heterocycles. The minimum atomic E-state index is -0.496. The van der Waals surface area contributed by atoms with E-state index in [1.54, 1.807) is 0 Å². The number of ether oxygens (including phenoxy) is 1. The minimum Gasteiger partial charge on any atom is -0.457 e. The van der Waals surface area contributed by atoms with Crippen molar-refractivity contribution in [1.29, 1.82) is 0 Å². The maximum atomic E-state index is 6.59. The molecule has 0 fully saturated rings. The molecule has 0 saturated carbocycles. The summed E-state index contributed by atoms with van der Waals surface area (Å²) in [4.78, 5) is 2.50. The van der Waals surface area contributed by atoms with E-state index < -0.39 is 5.41 Å². The predicted molar refractivity (Wildman–Crippen MR) is 220 cm³/mol. The number of rotatable bonds is 3. The van der Waals surface area contributed by atoms with Gasteiger partial charge in [-0.25, -0.2) is 0 Å². The number of fused-ring (bicyclic) bond motifs is 15. The van der Waals surface area contributed by atoms with Crippen LogP contribution in [0.1, 0.15) is 33.4 Å². The van der Waals surface area contributed by atoms with E-state index >= 15 is 0 Å². The summed E-state index contributed by atoms with van der Waals surface area (Å²) in [6.07, 6.45) is 0.948. The first-order valence-corrected chi connectivity index (χ1v) is 19.1. The second-order valence-corrected chi connectivity index (χ2v) is 15.5. The summed E-state index contributed by atoms with van der Waals surface area (Å²) in [5.41, 5.74) is 15.9. The van der Waals surface area contributed by atoms with Crippen LogP contribution in [0.3, 0.4) is 0 Å². The average Bonchev–Trinajstić information content (AvgIpc) is 3.87. The highest BCUT2D eigenvalue weighted by Gasteiger charge is 2.51. The minimum absolute atomic E-state index is 0.496. The highest BCUT2D eigenvalue weighted by atomic mass is 32.1. The quantitative estimate of drug-likeness (QED) is 0.183. The van der Waals surface area contributed by atoms with Gasteiger partial charge in [-0.05, 0) is 93.9 Å². The van der Waals surface area contributed by atoms with Gasteiger partial charge >= 0.3 is 0 Å². The van der Waals surface area contributed by atoms with Crippen LogP contribution in [0.2, 0.25) is 0 Å². The monoisotopic (exact) mass is 693 g/mol. The normalized spacial score (nSPS) is 13.9. The van der Waals surface area contributed by atoms with Crippen LogP contribution >= 0.6 is 11.3 Å². The van der Waals surface area contributed by atoms with Crippen molar-refractivity contribution < 1.29 is 4.74 Å². The first kappa shape index (κ1) is 29.2. The van der Waals surface area contributed by atoms with E-state index in [-0.39, 0.29) is 0 Å². The molecule has 0 amide bonds. The van der Waals surface area contributed by atoms with E-state index in [1.165, 1.54) is 81.5 Å². The molecule has 0 radical (unpaired) electrons. The molecule has 2 nitrogen and oxygen atoms in total. The van der Waals surface area contributed by atoms with Crippen LogP contribution in [0.15, 0.2) is 176 Å². The number of hydrogen-bond acceptors (Lipinski definition) is 3. The van der Waals surface area contributed by atoms with Crippen molar-refractivity contribution in [2.45, 2.75) is 11.8 Å². The largest absolute Gasteiger partial charge is 0.457 e. The summed E-state index contributed by atoms with van der Waals surface area (Å²) in [5, 5.41) is 2.62. The Balaban J connectivity index is 1.14. The summed E-state index contributed by atoms with van der Waals surface area (Å²) in [5.74, 6) is 1.82. The van der Waals surface area contributed by atoms with Crippen molar-refractivity contribution in [2.24, 2.45) is 0 Å². The van der Waals surface area contributed by atoms with Gasteiger partial charge in [-0.3, -0.25) is 0 Å². The zero-order valence-corrected chi connectivity index (χ0v) is 29.5. The molecule has 3 heteroatoms. The van der Waals surface area contributed by atoms with E-state index in [0.717, 1.165) is 29.3 Å². The summed E-state index contributed by atoms with van der Waals surface area (Å²) >= 11 is 1.87. The molecule has 53 heavy (non-hydrogen) atoms. The van der Waals surface area contributed by atoms with Crippen molar-refractivity contribution in [3.05, 3.63) is 209 Å². The Morgan fingerprint density at radius 3 is 1.92 bits per heavy atom. The lowest BCUT2D eigenvalue weighted by molar-refractivity contribution is 0.436. The van der Waals surface area contributed by atoms with Crippen LogP contribution < -0.4 is 9.64 Å². The second-order valence-electron chi connectivity index (χ2n) is 14.4. The Kier molecular flexibility index (Phi) is 5.95. The fraction of sp³-hybridized carbons (Fsp3) is 0.0400. The molecular weight excluding hydrogens is 663 g/mol. The average molecular weight is 694 g/mol. The van der Waals surface area contributed by atoms with Gasteiger partial charge in [0.25, 0.3) is 0 Å². The smallest absolute Gasteiger partial charge is 0.132 e. The molecule has 8 aromatic carbocycles. The van der Waals surface area contributed by atoms with Crippen LogP contribution in [0.25, 0.3) is 42.4 Å². The topological polar surface area (TPSA) is 12.5 Å². The number of benzene rings is 8. The van der Waals surface area contributed by atoms with Crippen LogP contribution in [0, 0.1) is 0 Å². The SMILES string of the molecule is c1ccc2c(c1)Cc1cccc(N(c3ccc4c(c3)-c3ccccc3C43c4ccccc4Oc4ccccc43)c3ccc4c(c3)sc3ccccc34)c1-2. The Morgan fingerprint density at radius 2 is 1.08 bits per heavy atom. The summed E-state index contributed by atoms with van der Waals surface area (Å²) < 4.78 is 9.20. The van der Waals surface area contributed by atoms with Gasteiger partial charge in [-0.2, -0.15) is 0 Å². The third-order valence-electron chi connectivity index (χ3n) is 11.7. The molecule has 0 atom stereocenters. The first-order valence-electron chi connectivity index (χ1n) is 18.3. The molecule has 3 aliphatic rings. The molecule has 12 rings (SSSR count). The lowest BCUT2D eigenvalue weighted by Gasteiger charge is -2.39. The fourth-order valence-corrected chi connectivity index (χ4v) is 10.8. The Labute approximate surface area is 311 Å². The maximum absolute atomic E-state index is 6.59. The Hall–Kier alpha value is -6.42. The number of anilines is 3. The third kappa shape index (κ3) is 3.92. The number of para-hydroxylation sites is 2. The summed E-state index contributed by atoms with van der Waals surface area (Å²) in [7, 11) is 0. The maximum Gasteiger partial charge on any atom is 0.132 e. The zero-order valence-electron chi connectivity index (χ0n) is 28.7. The standard InChI is InChI=1S/C50H31NOS/c1-2-14-35-31(12-1)28-32-13-11-20-44(49(32)35)51(34-24-26-38-37-16-4-10-23-47(37)53-48(38)30-34)33-25-27-41-39(29-33)36-15-3-5-17-40(36)50(41)42-18-6-8-21-45(42)52-46-22-9-7-19-43(46)50/h1-27,29-30H,28H2. The molecular formula is C50H31NOS. The lowest BCUT2D eigenvalue weighted by atomic mass is 9.66. The van der Waals surface area contributed by atoms with Crippen LogP contribution in [-0.2, 0) is 11.8 Å². The van der Waals surface area contributed by atoms with Crippen LogP contribution in [0.4, 0.5) is 17.1 Å². The molecule has 1 aliphatic heterocycles. The third-order valence-corrected chi connectivity index (χ3v) is 12.9. The molecule has 2 heterocycles. The van der Waals surface area contributed by atoms with E-state index in [2.05, 4.69) is 181 Å². The first-order chi connectivity index (χ1) is 26.3. The van der Waals surface area contributed by atoms with Crippen molar-refractivity contribution >= 4 is 48.6 Å². The van der Waals surface area contributed by atoms with Gasteiger partial charge < -0.3 is 9.64 Å². The van der Waals surface area contributed by atoms with Gasteiger partial charge in [0.05, 0.1) is 11.1 Å². The molecule has 2 aliphatic carbocycles. The fourth-order valence-electron chi connectivity index (χ4n) is 9.62. The molecule has 248 valence electrons. The van der Waals surface area contributed by atoms with Gasteiger partial charge in [0.1, 0.15) is 11.5 Å². The van der Waals surface area contributed by atoms with Crippen LogP contribution in [-0.4, -0.2) is 0 Å². The Bertz CT molecular complexity index is 2940. The van der Waals surface area contributed by atoms with Gasteiger partial charge in [-0.1, -0.05) is 127 Å². The van der Waals surface area contributed by atoms with E-state index in [4.69, 9.17) is 4.74 Å². The van der Waals surface area contributed by atoms with Gasteiger partial charge in [-0.15, -0.1) is 11.3 Å². The molecule has 0 unspecified atom stereocenters. The van der Waals surface area contributed by atoms with Gasteiger partial charge in [0.15, 0.2) is 0 Å². The predicted octanol–water partition coefficient (Wildman–Crippen LogP) is 13.6. The molecule has 0 N–H and O–H groups in total. The van der Waals surface area contributed by atoms with Gasteiger partial charge in [0, 0.05) is 48.2 Å². The summed E-state index contributed by atoms with van der Waals surface area (Å²) in [6.45, 7) is 0. The molecule has 0 bridgehead atoms. The van der Waals surface area contributed by atoms with E-state index in [0.29, 0.717) is 0 Å². The lowest BCUT2D eigenvalue weighted by Crippen LogP contribution is -2.32. The van der Waals surface area contributed by atoms with E-state index in [1.807, 2.05) is 11.3 Å². The van der Waals surface area contributed by atoms with Crippen LogP contribution in [0.5, 0.6) is 11.5 Å². The zero-order chi connectivity index (χ0) is 34.7. The van der Waals surface area contributed by atoms with Crippen molar-refractivity contribution in [2.75, 3.05) is 4.90 Å². The number of hydrogen-bond donors (Lipinski definition) is 0. The van der Waals surface area contributed by atoms with Crippen molar-refractivity contribution in [3.63, 3.8) is 0 Å². The number of nitrogens with zero attached hydrogens (tertiary/aromatic N) is 1. The summed E-state index contributed by atoms with van der Waals surface area (Å²) in [6, 6.07) is 64.9. The molecule has 0 saturated heterocycles. The number of thiophene rings is 1. The molecule has 9 aromatic rings. The highest BCUT2D eigenvalue weighted by Crippen LogP contribution is 2.62. The van der Waals surface area contributed by atoms with E-state index in [9.17, 15) is 0 Å². The Morgan fingerprint density at radius 1 is 0.453 bits per heavy atom. The van der Waals surface area contributed by atoms with Crippen molar-refractivity contribution in [1.82, 2.24) is 0 Å². The highest BCUT2D eigenvalue weighted by molar-refractivity contribution is 7.25. The van der Waals surface area contributed by atoms with Crippen molar-refractivity contribution in [3.8, 4) is 33.8 Å². The second kappa shape index (κ2) is 10.8. The van der Waals surface area contributed by atoms with Gasteiger partial charge in [0.2, 0.25) is 0 Å².